The lowest BCUT2D eigenvalue weighted by Gasteiger charge is -2.14. The number of H-pyrrole nitrogens is 1. The minimum absolute atomic E-state index is 0.592. The second kappa shape index (κ2) is 8.88. The van der Waals surface area contributed by atoms with E-state index in [-0.39, 0.29) is 0 Å². The molecule has 3 aromatic heterocycles. The molecule has 5 rings (SSSR count). The Kier molecular flexibility index (Phi) is 5.96. The van der Waals surface area contributed by atoms with E-state index in [1.165, 1.54) is 5.56 Å². The number of nitrogens with zero attached hydrogens (tertiary/aromatic N) is 5. The third-order valence-corrected chi connectivity index (χ3v) is 7.99. The van der Waals surface area contributed by atoms with E-state index in [4.69, 9.17) is 4.98 Å². The maximum atomic E-state index is 4.97. The highest BCUT2D eigenvalue weighted by Gasteiger charge is 2.20. The van der Waals surface area contributed by atoms with Gasteiger partial charge in [-0.25, -0.2) is 4.98 Å². The highest BCUT2D eigenvalue weighted by Crippen LogP contribution is 2.41. The Labute approximate surface area is 206 Å². The summed E-state index contributed by atoms with van der Waals surface area (Å²) in [4.78, 5) is 4.97. The zero-order valence-electron chi connectivity index (χ0n) is 17.6. The Bertz CT molecular complexity index is 1400. The highest BCUT2D eigenvalue weighted by atomic mass is 79.9. The summed E-state index contributed by atoms with van der Waals surface area (Å²) in [5.41, 5.74) is 7.60. The number of tetrazole rings is 1. The average molecular weight is 572 g/mol. The van der Waals surface area contributed by atoms with Gasteiger partial charge in [0.1, 0.15) is 11.3 Å². The number of thiophene rings is 1. The lowest BCUT2D eigenvalue weighted by Crippen LogP contribution is -2.02. The molecule has 0 aliphatic carbocycles. The molecule has 0 fully saturated rings. The number of halogens is 2. The molecule has 6 nitrogen and oxygen atoms in total. The van der Waals surface area contributed by atoms with Crippen LogP contribution in [0.1, 0.15) is 31.2 Å². The first-order valence-electron chi connectivity index (χ1n) is 10.4. The molecule has 0 radical (unpaired) electrons. The van der Waals surface area contributed by atoms with Gasteiger partial charge >= 0.3 is 0 Å². The van der Waals surface area contributed by atoms with Crippen molar-refractivity contribution < 1.29 is 0 Å². The van der Waals surface area contributed by atoms with Gasteiger partial charge in [0.2, 0.25) is 5.82 Å². The van der Waals surface area contributed by atoms with E-state index in [2.05, 4.69) is 95.2 Å². The van der Waals surface area contributed by atoms with Crippen LogP contribution in [0.25, 0.3) is 39.2 Å². The second-order valence-electron chi connectivity index (χ2n) is 7.59. The number of benzene rings is 2. The number of imidazole rings is 1. The van der Waals surface area contributed by atoms with Gasteiger partial charge in [-0.15, -0.1) is 21.5 Å². The number of nitrogens with one attached hydrogen (secondary N) is 1. The smallest absolute Gasteiger partial charge is 0.205 e. The number of aromatic amines is 1. The summed E-state index contributed by atoms with van der Waals surface area (Å²) in [7, 11) is 0. The normalized spacial score (nSPS) is 11.5. The number of hydrogen-bond donors (Lipinski definition) is 1. The maximum absolute atomic E-state index is 4.97. The third-order valence-electron chi connectivity index (χ3n) is 5.52. The van der Waals surface area contributed by atoms with Gasteiger partial charge in [-0.05, 0) is 79.2 Å². The van der Waals surface area contributed by atoms with Crippen molar-refractivity contribution in [3.05, 3.63) is 61.4 Å². The van der Waals surface area contributed by atoms with Crippen molar-refractivity contribution in [2.45, 2.75) is 33.1 Å². The molecule has 0 aliphatic heterocycles. The first kappa shape index (κ1) is 21.5. The van der Waals surface area contributed by atoms with Crippen LogP contribution in [-0.2, 0) is 6.42 Å². The van der Waals surface area contributed by atoms with Crippen molar-refractivity contribution in [1.29, 1.82) is 0 Å². The fraction of sp³-hybridized carbons (Fsp3) is 0.217. The Balaban J connectivity index is 1.65. The molecule has 0 bridgehead atoms. The van der Waals surface area contributed by atoms with Crippen LogP contribution < -0.4 is 0 Å². The van der Waals surface area contributed by atoms with Crippen LogP contribution in [0.4, 0.5) is 0 Å². The van der Waals surface area contributed by atoms with Gasteiger partial charge in [-0.2, -0.15) is 5.21 Å². The Hall–Kier alpha value is -2.36. The molecule has 5 aromatic rings. The third kappa shape index (κ3) is 3.72. The minimum atomic E-state index is 0.592. The Morgan fingerprint density at radius 1 is 1.03 bits per heavy atom. The standard InChI is InChI=1S/C23H20Br2N6S/c1-3-4-9-18-26-19-20(22(25)32-21(19)24)31(18)14-10-11-15(13(2)12-14)16-7-5-6-8-17(16)23-27-29-30-28-23/h5-8,10-12H,3-4,9H2,1-2H3,(H,27,28,29,30). The molecule has 0 saturated heterocycles. The number of hydrogen-bond acceptors (Lipinski definition) is 5. The summed E-state index contributed by atoms with van der Waals surface area (Å²) >= 11 is 9.10. The van der Waals surface area contributed by atoms with Crippen LogP contribution in [0.15, 0.2) is 50.0 Å². The molecule has 0 spiro atoms. The van der Waals surface area contributed by atoms with E-state index in [1.807, 2.05) is 18.2 Å². The largest absolute Gasteiger partial charge is 0.294 e. The molecular weight excluding hydrogens is 552 g/mol. The van der Waals surface area contributed by atoms with E-state index in [0.717, 1.165) is 66.1 Å². The van der Waals surface area contributed by atoms with Crippen LogP contribution in [-0.4, -0.2) is 30.2 Å². The highest BCUT2D eigenvalue weighted by molar-refractivity contribution is 9.12. The number of rotatable bonds is 6. The van der Waals surface area contributed by atoms with Crippen molar-refractivity contribution in [3.63, 3.8) is 0 Å². The van der Waals surface area contributed by atoms with Gasteiger partial charge in [0.05, 0.1) is 13.1 Å². The second-order valence-corrected chi connectivity index (χ2v) is 11.3. The topological polar surface area (TPSA) is 72.3 Å². The van der Waals surface area contributed by atoms with Gasteiger partial charge in [-0.1, -0.05) is 43.7 Å². The van der Waals surface area contributed by atoms with Gasteiger partial charge in [-0.3, -0.25) is 4.57 Å². The van der Waals surface area contributed by atoms with Crippen LogP contribution in [0.3, 0.4) is 0 Å². The lowest BCUT2D eigenvalue weighted by molar-refractivity contribution is 0.744. The molecule has 0 unspecified atom stereocenters. The minimum Gasteiger partial charge on any atom is -0.294 e. The molecule has 32 heavy (non-hydrogen) atoms. The van der Waals surface area contributed by atoms with Crippen molar-refractivity contribution >= 4 is 54.2 Å². The monoisotopic (exact) mass is 570 g/mol. The van der Waals surface area contributed by atoms with Crippen LogP contribution in [0, 0.1) is 6.92 Å². The molecule has 1 N–H and O–H groups in total. The van der Waals surface area contributed by atoms with E-state index in [0.29, 0.717) is 5.82 Å². The van der Waals surface area contributed by atoms with Crippen LogP contribution in [0.5, 0.6) is 0 Å². The number of fused-ring (bicyclic) bond motifs is 1. The molecule has 162 valence electrons. The van der Waals surface area contributed by atoms with Gasteiger partial charge in [0, 0.05) is 17.7 Å². The summed E-state index contributed by atoms with van der Waals surface area (Å²) in [5, 5.41) is 14.6. The summed E-state index contributed by atoms with van der Waals surface area (Å²) in [6.07, 6.45) is 3.18. The number of unbranched alkanes of at least 4 members (excludes halogenated alkanes) is 1. The van der Waals surface area contributed by atoms with E-state index >= 15 is 0 Å². The predicted molar refractivity (Wildman–Crippen MR) is 136 cm³/mol. The van der Waals surface area contributed by atoms with Crippen LogP contribution >= 0.6 is 43.2 Å². The summed E-state index contributed by atoms with van der Waals surface area (Å²) in [5.74, 6) is 1.68. The summed E-state index contributed by atoms with van der Waals surface area (Å²) in [6, 6.07) is 14.7. The summed E-state index contributed by atoms with van der Waals surface area (Å²) in [6.45, 7) is 4.35. The van der Waals surface area contributed by atoms with Crippen molar-refractivity contribution in [3.8, 4) is 28.2 Å². The van der Waals surface area contributed by atoms with Crippen molar-refractivity contribution in [2.24, 2.45) is 0 Å². The van der Waals surface area contributed by atoms with E-state index in [1.54, 1.807) is 11.3 Å². The Morgan fingerprint density at radius 3 is 2.56 bits per heavy atom. The molecule has 0 aliphatic rings. The molecule has 9 heteroatoms. The van der Waals surface area contributed by atoms with Crippen molar-refractivity contribution in [2.75, 3.05) is 0 Å². The molecule has 3 heterocycles. The van der Waals surface area contributed by atoms with Gasteiger partial charge < -0.3 is 0 Å². The summed E-state index contributed by atoms with van der Waals surface area (Å²) < 4.78 is 4.43. The SMILES string of the molecule is CCCCc1nc2c(Br)sc(Br)c2n1-c1ccc(-c2ccccc2-c2nn[nH]n2)c(C)c1. The quantitative estimate of drug-likeness (QED) is 0.236. The first-order chi connectivity index (χ1) is 15.6. The maximum Gasteiger partial charge on any atom is 0.205 e. The molecule has 2 aromatic carbocycles. The zero-order valence-corrected chi connectivity index (χ0v) is 21.6. The van der Waals surface area contributed by atoms with Gasteiger partial charge in [0.25, 0.3) is 0 Å². The molecule has 0 atom stereocenters. The zero-order chi connectivity index (χ0) is 22.2. The first-order valence-corrected chi connectivity index (χ1v) is 12.8. The average Bonchev–Trinajstić information content (AvgIpc) is 3.51. The fourth-order valence-electron chi connectivity index (χ4n) is 4.02. The van der Waals surface area contributed by atoms with Crippen LogP contribution in [0.2, 0.25) is 0 Å². The van der Waals surface area contributed by atoms with Gasteiger partial charge in [0.15, 0.2) is 0 Å². The Morgan fingerprint density at radius 2 is 1.84 bits per heavy atom. The fourth-order valence-corrected chi connectivity index (χ4v) is 6.96. The molecule has 0 saturated carbocycles. The number of aromatic nitrogens is 6. The lowest BCUT2D eigenvalue weighted by atomic mass is 9.95. The van der Waals surface area contributed by atoms with Crippen molar-refractivity contribution in [1.82, 2.24) is 30.2 Å². The number of aryl methyl sites for hydroxylation is 2. The molecular formula is C23H20Br2N6S. The predicted octanol–water partition coefficient (Wildman–Crippen LogP) is 7.11. The molecule has 0 amide bonds. The van der Waals surface area contributed by atoms with E-state index < -0.39 is 0 Å². The van der Waals surface area contributed by atoms with E-state index in [9.17, 15) is 0 Å².